The van der Waals surface area contributed by atoms with Gasteiger partial charge in [0.25, 0.3) is 0 Å². The first-order chi connectivity index (χ1) is 10.5. The van der Waals surface area contributed by atoms with E-state index in [0.717, 1.165) is 50.5 Å². The first-order valence-electron chi connectivity index (χ1n) is 8.80. The Kier molecular flexibility index (Phi) is 3.21. The smallest absolute Gasteiger partial charge is 0.120 e. The maximum absolute atomic E-state index is 11.3. The Balaban J connectivity index is 1.82. The van der Waals surface area contributed by atoms with Crippen LogP contribution in [0.2, 0.25) is 0 Å². The molecule has 4 saturated carbocycles. The van der Waals surface area contributed by atoms with Crippen LogP contribution in [0, 0.1) is 28.6 Å². The van der Waals surface area contributed by atoms with Crippen molar-refractivity contribution < 1.29 is 15.0 Å². The van der Waals surface area contributed by atoms with E-state index in [0.29, 0.717) is 24.2 Å². The summed E-state index contributed by atoms with van der Waals surface area (Å²) in [6.07, 6.45) is 8.72. The highest BCUT2D eigenvalue weighted by Crippen LogP contribution is 2.70. The van der Waals surface area contributed by atoms with E-state index in [2.05, 4.69) is 12.5 Å². The lowest BCUT2D eigenvalue weighted by atomic mass is 9.44. The van der Waals surface area contributed by atoms with E-state index in [1.165, 1.54) is 0 Å². The molecule has 0 aromatic heterocycles. The summed E-state index contributed by atoms with van der Waals surface area (Å²) in [5.74, 6) is 3.28. The zero-order valence-corrected chi connectivity index (χ0v) is 13.1. The van der Waals surface area contributed by atoms with Gasteiger partial charge in [-0.1, -0.05) is 6.58 Å². The molecule has 4 aliphatic carbocycles. The predicted octanol–water partition coefficient (Wildman–Crippen LogP) is 2.65. The van der Waals surface area contributed by atoms with Gasteiger partial charge in [0.15, 0.2) is 0 Å². The van der Waals surface area contributed by atoms with E-state index in [1.807, 2.05) is 0 Å². The topological polar surface area (TPSA) is 57.5 Å². The Morgan fingerprint density at radius 2 is 1.95 bits per heavy atom. The van der Waals surface area contributed by atoms with Gasteiger partial charge in [-0.25, -0.2) is 4.79 Å². The summed E-state index contributed by atoms with van der Waals surface area (Å²) >= 11 is 0. The molecule has 0 amide bonds. The maximum Gasteiger partial charge on any atom is 0.120 e. The van der Waals surface area contributed by atoms with Crippen LogP contribution >= 0.6 is 0 Å². The van der Waals surface area contributed by atoms with Crippen molar-refractivity contribution in [3.05, 3.63) is 18.2 Å². The van der Waals surface area contributed by atoms with Crippen LogP contribution in [-0.2, 0) is 4.79 Å². The Morgan fingerprint density at radius 1 is 1.14 bits per heavy atom. The van der Waals surface area contributed by atoms with Crippen molar-refractivity contribution in [2.24, 2.45) is 28.6 Å². The van der Waals surface area contributed by atoms with E-state index >= 15 is 0 Å². The Labute approximate surface area is 132 Å². The quantitative estimate of drug-likeness (QED) is 0.578. The standard InChI is InChI=1S/C19H26O3/c1-12-13-2-5-16-18(8-9-20)11-15(21)4-3-14(18)6-7-19(16,10-13)17(12)22/h8,13-17,21-22H,1-7,10-11H2/t13-,14?,15-,16?,17+,18-,19-/m1/s1. The third kappa shape index (κ3) is 1.68. The summed E-state index contributed by atoms with van der Waals surface area (Å²) in [5, 5.41) is 21.2. The van der Waals surface area contributed by atoms with Crippen LogP contribution in [0.5, 0.6) is 0 Å². The fourth-order valence-electron chi connectivity index (χ4n) is 6.80. The molecule has 1 spiro atoms. The summed E-state index contributed by atoms with van der Waals surface area (Å²) < 4.78 is 0. The van der Waals surface area contributed by atoms with E-state index < -0.39 is 6.10 Å². The Hall–Kier alpha value is -0.890. The van der Waals surface area contributed by atoms with Gasteiger partial charge >= 0.3 is 0 Å². The van der Waals surface area contributed by atoms with Crippen LogP contribution in [0.15, 0.2) is 18.2 Å². The molecule has 22 heavy (non-hydrogen) atoms. The van der Waals surface area contributed by atoms with E-state index in [4.69, 9.17) is 0 Å². The molecule has 0 aromatic carbocycles. The minimum absolute atomic E-state index is 0.110. The normalized spacial score (nSPS) is 53.4. The van der Waals surface area contributed by atoms with Gasteiger partial charge in [0, 0.05) is 16.9 Å². The second kappa shape index (κ2) is 4.80. The zero-order chi connectivity index (χ0) is 15.5. The number of hydrogen-bond donors (Lipinski definition) is 2. The molecule has 3 nitrogen and oxygen atoms in total. The molecule has 2 unspecified atom stereocenters. The molecule has 7 atom stereocenters. The lowest BCUT2D eigenvalue weighted by Crippen LogP contribution is -2.56. The fourth-order valence-corrected chi connectivity index (χ4v) is 6.80. The molecule has 0 aliphatic heterocycles. The molecule has 120 valence electrons. The van der Waals surface area contributed by atoms with Gasteiger partial charge in [-0.2, -0.15) is 0 Å². The van der Waals surface area contributed by atoms with E-state index in [-0.39, 0.29) is 16.9 Å². The lowest BCUT2D eigenvalue weighted by molar-refractivity contribution is -0.138. The van der Waals surface area contributed by atoms with Crippen molar-refractivity contribution in [1.29, 1.82) is 0 Å². The van der Waals surface area contributed by atoms with Crippen LogP contribution < -0.4 is 0 Å². The first kappa shape index (κ1) is 14.7. The van der Waals surface area contributed by atoms with Gasteiger partial charge in [0.1, 0.15) is 5.94 Å². The molecular formula is C19H26O3. The molecule has 0 heterocycles. The second-order valence-corrected chi connectivity index (χ2v) is 8.29. The number of rotatable bonds is 1. The molecule has 4 rings (SSSR count). The highest BCUT2D eigenvalue weighted by Gasteiger charge is 2.65. The molecule has 0 aromatic rings. The molecular weight excluding hydrogens is 276 g/mol. The van der Waals surface area contributed by atoms with Crippen molar-refractivity contribution in [2.45, 2.75) is 63.6 Å². The average Bonchev–Trinajstić information content (AvgIpc) is 2.68. The molecule has 4 fully saturated rings. The van der Waals surface area contributed by atoms with E-state index in [1.54, 1.807) is 6.08 Å². The molecule has 0 saturated heterocycles. The van der Waals surface area contributed by atoms with Crippen LogP contribution in [-0.4, -0.2) is 28.4 Å². The van der Waals surface area contributed by atoms with Crippen molar-refractivity contribution in [1.82, 2.24) is 0 Å². The van der Waals surface area contributed by atoms with Gasteiger partial charge in [-0.05, 0) is 74.7 Å². The zero-order valence-electron chi connectivity index (χ0n) is 13.1. The number of carbonyl (C=O) groups excluding carboxylic acids is 1. The van der Waals surface area contributed by atoms with Crippen molar-refractivity contribution in [2.75, 3.05) is 0 Å². The summed E-state index contributed by atoms with van der Waals surface area (Å²) in [4.78, 5) is 11.3. The molecule has 3 heteroatoms. The molecule has 2 N–H and O–H groups in total. The first-order valence-corrected chi connectivity index (χ1v) is 8.80. The van der Waals surface area contributed by atoms with Crippen molar-refractivity contribution in [3.8, 4) is 0 Å². The Morgan fingerprint density at radius 3 is 2.73 bits per heavy atom. The summed E-state index contributed by atoms with van der Waals surface area (Å²) in [6.45, 7) is 4.16. The minimum Gasteiger partial charge on any atom is -0.393 e. The highest BCUT2D eigenvalue weighted by molar-refractivity contribution is 5.49. The lowest BCUT2D eigenvalue weighted by Gasteiger charge is -2.60. The molecule has 4 aliphatic rings. The van der Waals surface area contributed by atoms with Crippen LogP contribution in [0.4, 0.5) is 0 Å². The average molecular weight is 302 g/mol. The molecule has 2 bridgehead atoms. The number of allylic oxidation sites excluding steroid dienone is 1. The maximum atomic E-state index is 11.3. The van der Waals surface area contributed by atoms with Crippen molar-refractivity contribution in [3.63, 3.8) is 0 Å². The van der Waals surface area contributed by atoms with Crippen molar-refractivity contribution >= 4 is 5.94 Å². The van der Waals surface area contributed by atoms with Crippen LogP contribution in [0.25, 0.3) is 0 Å². The van der Waals surface area contributed by atoms with Gasteiger partial charge in [0.05, 0.1) is 12.2 Å². The van der Waals surface area contributed by atoms with Crippen LogP contribution in [0.3, 0.4) is 0 Å². The number of fused-ring (bicyclic) bond motifs is 3. The summed E-state index contributed by atoms with van der Waals surface area (Å²) in [5.41, 5.74) is 0.650. The number of aliphatic hydroxyl groups excluding tert-OH is 2. The Bertz CT molecular complexity index is 549. The predicted molar refractivity (Wildman–Crippen MR) is 83.7 cm³/mol. The van der Waals surface area contributed by atoms with Gasteiger partial charge in [-0.3, -0.25) is 0 Å². The number of aliphatic hydroxyl groups is 2. The minimum atomic E-state index is -0.429. The third-order valence-corrected chi connectivity index (χ3v) is 7.68. The van der Waals surface area contributed by atoms with Gasteiger partial charge in [-0.15, -0.1) is 0 Å². The van der Waals surface area contributed by atoms with Crippen LogP contribution in [0.1, 0.15) is 51.4 Å². The largest absolute Gasteiger partial charge is 0.393 e. The monoisotopic (exact) mass is 302 g/mol. The summed E-state index contributed by atoms with van der Waals surface area (Å²) in [6, 6.07) is 0. The third-order valence-electron chi connectivity index (χ3n) is 7.68. The van der Waals surface area contributed by atoms with Gasteiger partial charge in [0.2, 0.25) is 0 Å². The summed E-state index contributed by atoms with van der Waals surface area (Å²) in [7, 11) is 0. The van der Waals surface area contributed by atoms with E-state index in [9.17, 15) is 15.0 Å². The van der Waals surface area contributed by atoms with Gasteiger partial charge < -0.3 is 10.2 Å². The second-order valence-electron chi connectivity index (χ2n) is 8.29. The highest BCUT2D eigenvalue weighted by atomic mass is 16.3. The number of hydrogen-bond acceptors (Lipinski definition) is 3. The molecule has 0 radical (unpaired) electrons. The fraction of sp³-hybridized carbons (Fsp3) is 0.789. The SMILES string of the molecule is C=C1[C@@H]2CCC3[C@]4(C=C=O)C[C@H](O)CCC4CC[C@]3(C2)[C@H]1O.